The Hall–Kier alpha value is -0.970. The second kappa shape index (κ2) is 9.89. The number of nitrogens with one attached hydrogen (secondary N) is 1. The third kappa shape index (κ3) is 6.66. The first kappa shape index (κ1) is 20.3. The molecule has 0 radical (unpaired) electrons. The molecule has 19 heavy (non-hydrogen) atoms. The van der Waals surface area contributed by atoms with Crippen molar-refractivity contribution in [3.8, 4) is 0 Å². The summed E-state index contributed by atoms with van der Waals surface area (Å²) in [5.74, 6) is -0.113. The number of benzene rings is 1. The number of halogens is 2. The molecule has 0 aliphatic carbocycles. The molecular formula is C13H23Cl2N3O. The highest BCUT2D eigenvalue weighted by Crippen LogP contribution is 2.13. The van der Waals surface area contributed by atoms with Crippen LogP contribution in [0, 0.1) is 0 Å². The molecule has 1 aromatic rings. The Kier molecular flexibility index (Phi) is 10.6. The van der Waals surface area contributed by atoms with E-state index in [0.717, 1.165) is 5.69 Å². The van der Waals surface area contributed by atoms with Gasteiger partial charge in [-0.1, -0.05) is 18.2 Å². The van der Waals surface area contributed by atoms with Gasteiger partial charge in [-0.25, -0.2) is 0 Å². The largest absolute Gasteiger partial charge is 0.370 e. The molecule has 0 aliphatic heterocycles. The standard InChI is InChI=1S/C13H21N3O.2ClH/c1-10(9-15-13(17)11(2)14)16(3)12-7-5-4-6-8-12;;/h4-8,10-11H,9,14H2,1-3H3,(H,15,17);2*1H/t10?,11-;;/m1../s1. The lowest BCUT2D eigenvalue weighted by atomic mass is 10.2. The van der Waals surface area contributed by atoms with Gasteiger partial charge in [-0.05, 0) is 26.0 Å². The summed E-state index contributed by atoms with van der Waals surface area (Å²) in [5.41, 5.74) is 6.62. The summed E-state index contributed by atoms with van der Waals surface area (Å²) < 4.78 is 0. The Morgan fingerprint density at radius 1 is 1.26 bits per heavy atom. The fraction of sp³-hybridized carbons (Fsp3) is 0.462. The fourth-order valence-electron chi connectivity index (χ4n) is 1.46. The van der Waals surface area contributed by atoms with Gasteiger partial charge in [-0.2, -0.15) is 0 Å². The van der Waals surface area contributed by atoms with Crippen LogP contribution in [0.3, 0.4) is 0 Å². The number of rotatable bonds is 5. The van der Waals surface area contributed by atoms with Crippen molar-refractivity contribution in [2.75, 3.05) is 18.5 Å². The average molecular weight is 308 g/mol. The van der Waals surface area contributed by atoms with Gasteiger partial charge in [0.05, 0.1) is 6.04 Å². The van der Waals surface area contributed by atoms with E-state index in [2.05, 4.69) is 17.1 Å². The van der Waals surface area contributed by atoms with E-state index < -0.39 is 6.04 Å². The van der Waals surface area contributed by atoms with Gasteiger partial charge in [0, 0.05) is 25.3 Å². The molecule has 0 fully saturated rings. The van der Waals surface area contributed by atoms with Crippen LogP contribution in [-0.4, -0.2) is 31.6 Å². The third-order valence-corrected chi connectivity index (χ3v) is 2.81. The van der Waals surface area contributed by atoms with Crippen LogP contribution in [0.15, 0.2) is 30.3 Å². The summed E-state index contributed by atoms with van der Waals surface area (Å²) in [5, 5.41) is 2.83. The summed E-state index contributed by atoms with van der Waals surface area (Å²) in [7, 11) is 2.01. The van der Waals surface area contributed by atoms with Crippen molar-refractivity contribution in [2.24, 2.45) is 5.73 Å². The van der Waals surface area contributed by atoms with Gasteiger partial charge < -0.3 is 16.0 Å². The molecule has 0 spiro atoms. The lowest BCUT2D eigenvalue weighted by Gasteiger charge is -2.27. The topological polar surface area (TPSA) is 58.4 Å². The third-order valence-electron chi connectivity index (χ3n) is 2.81. The fourth-order valence-corrected chi connectivity index (χ4v) is 1.46. The van der Waals surface area contributed by atoms with Crippen LogP contribution in [0.2, 0.25) is 0 Å². The lowest BCUT2D eigenvalue weighted by molar-refractivity contribution is -0.122. The van der Waals surface area contributed by atoms with Crippen molar-refractivity contribution in [3.63, 3.8) is 0 Å². The van der Waals surface area contributed by atoms with Gasteiger partial charge in [0.1, 0.15) is 0 Å². The van der Waals surface area contributed by atoms with E-state index in [1.807, 2.05) is 37.4 Å². The maximum Gasteiger partial charge on any atom is 0.236 e. The van der Waals surface area contributed by atoms with Crippen LogP contribution >= 0.6 is 24.8 Å². The normalized spacial score (nSPS) is 12.4. The van der Waals surface area contributed by atoms with Gasteiger partial charge in [0.25, 0.3) is 0 Å². The zero-order chi connectivity index (χ0) is 12.8. The highest BCUT2D eigenvalue weighted by atomic mass is 35.5. The zero-order valence-electron chi connectivity index (χ0n) is 11.5. The highest BCUT2D eigenvalue weighted by Gasteiger charge is 2.12. The molecule has 0 aliphatic rings. The van der Waals surface area contributed by atoms with Gasteiger partial charge in [-0.3, -0.25) is 4.79 Å². The van der Waals surface area contributed by atoms with E-state index in [1.165, 1.54) is 0 Å². The smallest absolute Gasteiger partial charge is 0.236 e. The van der Waals surface area contributed by atoms with Crippen LogP contribution in [0.1, 0.15) is 13.8 Å². The Balaban J connectivity index is 0. The minimum absolute atomic E-state index is 0. The van der Waals surface area contributed by atoms with Crippen LogP contribution in [-0.2, 0) is 4.79 Å². The number of carbonyl (C=O) groups excluding carboxylic acids is 1. The van der Waals surface area contributed by atoms with Gasteiger partial charge in [0.2, 0.25) is 5.91 Å². The molecule has 1 unspecified atom stereocenters. The second-order valence-corrected chi connectivity index (χ2v) is 4.33. The quantitative estimate of drug-likeness (QED) is 0.872. The number of nitrogens with zero attached hydrogens (tertiary/aromatic N) is 1. The molecule has 0 bridgehead atoms. The number of hydrogen-bond acceptors (Lipinski definition) is 3. The monoisotopic (exact) mass is 307 g/mol. The van der Waals surface area contributed by atoms with E-state index >= 15 is 0 Å². The molecule has 2 atom stereocenters. The van der Waals surface area contributed by atoms with Gasteiger partial charge >= 0.3 is 0 Å². The Morgan fingerprint density at radius 2 is 1.79 bits per heavy atom. The summed E-state index contributed by atoms with van der Waals surface area (Å²) in [6.07, 6.45) is 0. The van der Waals surface area contributed by atoms with Gasteiger partial charge in [0.15, 0.2) is 0 Å². The summed E-state index contributed by atoms with van der Waals surface area (Å²) in [6.45, 7) is 4.33. The Labute approximate surface area is 127 Å². The van der Waals surface area contributed by atoms with Crippen LogP contribution in [0.5, 0.6) is 0 Å². The van der Waals surface area contributed by atoms with E-state index in [0.29, 0.717) is 6.54 Å². The number of likely N-dealkylation sites (N-methyl/N-ethyl adjacent to an activating group) is 1. The molecule has 1 rings (SSSR count). The first-order valence-corrected chi connectivity index (χ1v) is 5.83. The number of amides is 1. The van der Waals surface area contributed by atoms with Crippen LogP contribution < -0.4 is 16.0 Å². The molecule has 1 aromatic carbocycles. The predicted octanol–water partition coefficient (Wildman–Crippen LogP) is 1.82. The highest BCUT2D eigenvalue weighted by molar-refractivity contribution is 5.85. The first-order chi connectivity index (χ1) is 8.02. The summed E-state index contributed by atoms with van der Waals surface area (Å²) in [4.78, 5) is 13.5. The Morgan fingerprint density at radius 3 is 2.26 bits per heavy atom. The summed E-state index contributed by atoms with van der Waals surface area (Å²) in [6, 6.07) is 9.84. The number of hydrogen-bond donors (Lipinski definition) is 2. The lowest BCUT2D eigenvalue weighted by Crippen LogP contribution is -2.45. The molecule has 6 heteroatoms. The van der Waals surface area contributed by atoms with E-state index in [-0.39, 0.29) is 36.8 Å². The van der Waals surface area contributed by atoms with E-state index in [1.54, 1.807) is 6.92 Å². The molecule has 0 saturated carbocycles. The predicted molar refractivity (Wildman–Crippen MR) is 85.5 cm³/mol. The molecule has 110 valence electrons. The van der Waals surface area contributed by atoms with Crippen LogP contribution in [0.25, 0.3) is 0 Å². The van der Waals surface area contributed by atoms with Crippen molar-refractivity contribution in [1.29, 1.82) is 0 Å². The average Bonchev–Trinajstić information content (AvgIpc) is 2.35. The molecule has 1 amide bonds. The molecule has 0 aromatic heterocycles. The maximum absolute atomic E-state index is 11.4. The van der Waals surface area contributed by atoms with Crippen molar-refractivity contribution < 1.29 is 4.79 Å². The minimum Gasteiger partial charge on any atom is -0.370 e. The number of nitrogens with two attached hydrogens (primary N) is 1. The minimum atomic E-state index is -0.454. The number of anilines is 1. The van der Waals surface area contributed by atoms with E-state index in [4.69, 9.17) is 5.73 Å². The first-order valence-electron chi connectivity index (χ1n) is 5.83. The Bertz CT molecular complexity index is 360. The van der Waals surface area contributed by atoms with Crippen molar-refractivity contribution >= 4 is 36.4 Å². The number of carbonyl (C=O) groups is 1. The van der Waals surface area contributed by atoms with Crippen molar-refractivity contribution in [2.45, 2.75) is 25.9 Å². The molecule has 0 heterocycles. The van der Waals surface area contributed by atoms with Crippen molar-refractivity contribution in [3.05, 3.63) is 30.3 Å². The van der Waals surface area contributed by atoms with Crippen LogP contribution in [0.4, 0.5) is 5.69 Å². The molecule has 3 N–H and O–H groups in total. The van der Waals surface area contributed by atoms with Crippen molar-refractivity contribution in [1.82, 2.24) is 5.32 Å². The summed E-state index contributed by atoms with van der Waals surface area (Å²) >= 11 is 0. The molecular weight excluding hydrogens is 285 g/mol. The van der Waals surface area contributed by atoms with Gasteiger partial charge in [-0.15, -0.1) is 24.8 Å². The molecule has 0 saturated heterocycles. The maximum atomic E-state index is 11.4. The zero-order valence-corrected chi connectivity index (χ0v) is 13.1. The number of para-hydroxylation sites is 1. The van der Waals surface area contributed by atoms with E-state index in [9.17, 15) is 4.79 Å². The SMILES string of the molecule is CC(CNC(=O)[C@@H](C)N)N(C)c1ccccc1.Cl.Cl. The second-order valence-electron chi connectivity index (χ2n) is 4.33. The molecule has 4 nitrogen and oxygen atoms in total.